The largest absolute Gasteiger partial charge is 0.371 e. The van der Waals surface area contributed by atoms with E-state index in [-0.39, 0.29) is 6.61 Å². The van der Waals surface area contributed by atoms with Crippen LogP contribution in [0.4, 0.5) is 0 Å². The van der Waals surface area contributed by atoms with E-state index in [1.807, 2.05) is 0 Å². The minimum atomic E-state index is -0.712. The van der Waals surface area contributed by atoms with Gasteiger partial charge in [0.15, 0.2) is 9.50 Å². The molecule has 0 spiro atoms. The quantitative estimate of drug-likeness (QED) is 0.612. The lowest BCUT2D eigenvalue weighted by molar-refractivity contribution is -0.486. The van der Waals surface area contributed by atoms with Crippen molar-refractivity contribution in [1.82, 2.24) is 9.88 Å². The number of amidine groups is 1. The van der Waals surface area contributed by atoms with Gasteiger partial charge in [-0.1, -0.05) is 11.6 Å². The first-order chi connectivity index (χ1) is 8.15. The van der Waals surface area contributed by atoms with Gasteiger partial charge in [-0.2, -0.15) is 0 Å². The molecule has 1 saturated heterocycles. The number of nitrogens with zero attached hydrogens (tertiary/aromatic N) is 4. The lowest BCUT2D eigenvalue weighted by atomic mass is 10.3. The zero-order valence-electron chi connectivity index (χ0n) is 8.71. The highest BCUT2D eigenvalue weighted by Gasteiger charge is 2.21. The Morgan fingerprint density at radius 3 is 3.24 bits per heavy atom. The van der Waals surface area contributed by atoms with Gasteiger partial charge in [0.2, 0.25) is 5.84 Å². The van der Waals surface area contributed by atoms with Crippen molar-refractivity contribution in [2.45, 2.75) is 6.54 Å². The molecular formula is C8H9ClN4O3S. The molecule has 0 aliphatic carbocycles. The Bertz CT molecular complexity index is 450. The molecule has 1 aliphatic heterocycles. The fourth-order valence-electron chi connectivity index (χ4n) is 1.46. The van der Waals surface area contributed by atoms with E-state index in [1.54, 1.807) is 11.1 Å². The van der Waals surface area contributed by atoms with Crippen molar-refractivity contribution in [3.8, 4) is 0 Å². The van der Waals surface area contributed by atoms with Crippen molar-refractivity contribution < 1.29 is 9.77 Å². The second kappa shape index (κ2) is 5.39. The second-order valence-electron chi connectivity index (χ2n) is 3.31. The van der Waals surface area contributed by atoms with Gasteiger partial charge in [-0.05, 0) is 0 Å². The molecule has 0 amide bonds. The molecule has 1 aromatic heterocycles. The number of thiazole rings is 1. The van der Waals surface area contributed by atoms with E-state index in [0.29, 0.717) is 30.0 Å². The first-order valence-electron chi connectivity index (χ1n) is 4.80. The van der Waals surface area contributed by atoms with Crippen molar-refractivity contribution in [2.24, 2.45) is 5.10 Å². The van der Waals surface area contributed by atoms with Crippen LogP contribution < -0.4 is 0 Å². The number of ether oxygens (including phenoxy) is 1. The molecule has 1 aromatic rings. The summed E-state index contributed by atoms with van der Waals surface area (Å²) in [4.78, 5) is 17.0. The number of morpholine rings is 1. The van der Waals surface area contributed by atoms with Gasteiger partial charge >= 0.3 is 0 Å². The van der Waals surface area contributed by atoms with Gasteiger partial charge in [0, 0.05) is 17.6 Å². The Labute approximate surface area is 106 Å². The molecule has 2 heterocycles. The smallest absolute Gasteiger partial charge is 0.205 e. The molecule has 92 valence electrons. The van der Waals surface area contributed by atoms with Crippen LogP contribution in [0.15, 0.2) is 11.3 Å². The van der Waals surface area contributed by atoms with E-state index >= 15 is 0 Å². The molecule has 0 bridgehead atoms. The molecule has 0 radical (unpaired) electrons. The highest BCUT2D eigenvalue weighted by Crippen LogP contribution is 2.20. The zero-order chi connectivity index (χ0) is 12.3. The van der Waals surface area contributed by atoms with Crippen LogP contribution in [0.25, 0.3) is 0 Å². The Hall–Kier alpha value is -1.25. The predicted octanol–water partition coefficient (Wildman–Crippen LogP) is 1.22. The maximum absolute atomic E-state index is 10.4. The summed E-state index contributed by atoms with van der Waals surface area (Å²) in [6.45, 7) is 1.78. The number of hydrazone groups is 1. The molecule has 2 rings (SSSR count). The van der Waals surface area contributed by atoms with Gasteiger partial charge in [-0.15, -0.1) is 11.3 Å². The Morgan fingerprint density at radius 1 is 1.76 bits per heavy atom. The number of hydrogen-bond donors (Lipinski definition) is 0. The number of hydrogen-bond acceptors (Lipinski definition) is 5. The van der Waals surface area contributed by atoms with E-state index in [4.69, 9.17) is 16.3 Å². The van der Waals surface area contributed by atoms with Crippen LogP contribution in [0.2, 0.25) is 4.47 Å². The number of halogens is 1. The highest BCUT2D eigenvalue weighted by molar-refractivity contribution is 7.15. The summed E-state index contributed by atoms with van der Waals surface area (Å²) >= 11 is 7.07. The predicted molar refractivity (Wildman–Crippen MR) is 62.8 cm³/mol. The zero-order valence-corrected chi connectivity index (χ0v) is 10.3. The highest BCUT2D eigenvalue weighted by atomic mass is 35.5. The number of rotatable bonds is 3. The van der Waals surface area contributed by atoms with Crippen LogP contribution in [0.5, 0.6) is 0 Å². The summed E-state index contributed by atoms with van der Waals surface area (Å²) in [5, 5.41) is 13.0. The number of nitro groups is 1. The molecule has 1 aliphatic rings. The maximum atomic E-state index is 10.4. The molecule has 0 saturated carbocycles. The molecule has 0 unspecified atom stereocenters. The average molecular weight is 277 g/mol. The summed E-state index contributed by atoms with van der Waals surface area (Å²) in [5.74, 6) is 0.325. The first kappa shape index (κ1) is 12.2. The molecule has 9 heteroatoms. The third-order valence-corrected chi connectivity index (χ3v) is 3.27. The van der Waals surface area contributed by atoms with Crippen LogP contribution >= 0.6 is 22.9 Å². The Balaban J connectivity index is 2.09. The van der Waals surface area contributed by atoms with Gasteiger partial charge in [0.25, 0.3) is 0 Å². The topological polar surface area (TPSA) is 80.9 Å². The number of aromatic nitrogens is 1. The second-order valence-corrected chi connectivity index (χ2v) is 5.01. The van der Waals surface area contributed by atoms with Crippen LogP contribution in [0, 0.1) is 10.1 Å². The standard InChI is InChI=1S/C8H9ClN4O3S/c9-8-10-3-6(17-8)4-12-1-2-16-5-7(12)11-13(14)15/h3H,1-2,4-5H2/b11-7+. The summed E-state index contributed by atoms with van der Waals surface area (Å²) in [7, 11) is 0. The lowest BCUT2D eigenvalue weighted by Gasteiger charge is -2.27. The summed E-state index contributed by atoms with van der Waals surface area (Å²) < 4.78 is 5.60. The van der Waals surface area contributed by atoms with Crippen molar-refractivity contribution in [3.05, 3.63) is 25.7 Å². The van der Waals surface area contributed by atoms with Crippen molar-refractivity contribution in [2.75, 3.05) is 19.8 Å². The molecule has 7 nitrogen and oxygen atoms in total. The Morgan fingerprint density at radius 2 is 2.59 bits per heavy atom. The van der Waals surface area contributed by atoms with Crippen molar-refractivity contribution in [3.63, 3.8) is 0 Å². The van der Waals surface area contributed by atoms with E-state index in [1.165, 1.54) is 11.3 Å². The van der Waals surface area contributed by atoms with Gasteiger partial charge in [-0.3, -0.25) is 0 Å². The third kappa shape index (κ3) is 3.35. The minimum Gasteiger partial charge on any atom is -0.371 e. The fraction of sp³-hybridized carbons (Fsp3) is 0.500. The molecule has 1 fully saturated rings. The van der Waals surface area contributed by atoms with Crippen LogP contribution in [-0.2, 0) is 11.3 Å². The molecule has 0 aromatic carbocycles. The summed E-state index contributed by atoms with van der Waals surface area (Å²) in [6.07, 6.45) is 1.66. The fourth-order valence-corrected chi connectivity index (χ4v) is 2.45. The van der Waals surface area contributed by atoms with E-state index in [2.05, 4.69) is 10.1 Å². The summed E-state index contributed by atoms with van der Waals surface area (Å²) in [6, 6.07) is 0. The average Bonchev–Trinajstić information content (AvgIpc) is 2.66. The van der Waals surface area contributed by atoms with Gasteiger partial charge in [0.1, 0.15) is 6.61 Å². The van der Waals surface area contributed by atoms with Gasteiger partial charge in [0.05, 0.1) is 18.3 Å². The van der Waals surface area contributed by atoms with Crippen molar-refractivity contribution in [1.29, 1.82) is 0 Å². The van der Waals surface area contributed by atoms with Gasteiger partial charge < -0.3 is 9.64 Å². The normalized spacial score (nSPS) is 18.6. The Kier molecular flexibility index (Phi) is 3.87. The molecule has 0 N–H and O–H groups in total. The van der Waals surface area contributed by atoms with E-state index in [0.717, 1.165) is 4.88 Å². The SMILES string of the molecule is O=[N+]([O-])/N=C1\COCCN1Cc1cnc(Cl)s1. The summed E-state index contributed by atoms with van der Waals surface area (Å²) in [5.41, 5.74) is 0. The van der Waals surface area contributed by atoms with Crippen LogP contribution in [0.1, 0.15) is 4.88 Å². The van der Waals surface area contributed by atoms with Crippen LogP contribution in [0.3, 0.4) is 0 Å². The van der Waals surface area contributed by atoms with Crippen molar-refractivity contribution >= 4 is 28.8 Å². The third-order valence-electron chi connectivity index (χ3n) is 2.17. The molecule has 0 atom stereocenters. The van der Waals surface area contributed by atoms with Gasteiger partial charge in [-0.25, -0.2) is 15.1 Å². The molecular weight excluding hydrogens is 268 g/mol. The minimum absolute atomic E-state index is 0.160. The first-order valence-corrected chi connectivity index (χ1v) is 5.99. The monoisotopic (exact) mass is 276 g/mol. The lowest BCUT2D eigenvalue weighted by Crippen LogP contribution is -2.41. The molecule has 17 heavy (non-hydrogen) atoms. The maximum Gasteiger partial charge on any atom is 0.205 e. The van der Waals surface area contributed by atoms with Crippen LogP contribution in [-0.4, -0.2) is 40.5 Å². The van der Waals surface area contributed by atoms with E-state index < -0.39 is 5.03 Å². The van der Waals surface area contributed by atoms with E-state index in [9.17, 15) is 10.1 Å².